The van der Waals surface area contributed by atoms with Crippen molar-refractivity contribution in [1.82, 2.24) is 9.97 Å². The summed E-state index contributed by atoms with van der Waals surface area (Å²) < 4.78 is 1.11. The lowest BCUT2D eigenvalue weighted by Crippen LogP contribution is -2.34. The summed E-state index contributed by atoms with van der Waals surface area (Å²) in [5, 5.41) is 5.42. The number of hydrogen-bond donors (Lipinski definition) is 2. The van der Waals surface area contributed by atoms with Gasteiger partial charge in [0.25, 0.3) is 0 Å². The van der Waals surface area contributed by atoms with E-state index in [4.69, 9.17) is 5.73 Å². The van der Waals surface area contributed by atoms with Gasteiger partial charge in [0.05, 0.1) is 10.2 Å². The Morgan fingerprint density at radius 2 is 2.18 bits per heavy atom. The first-order chi connectivity index (χ1) is 8.09. The van der Waals surface area contributed by atoms with Crippen molar-refractivity contribution in [2.24, 2.45) is 11.7 Å². The van der Waals surface area contributed by atoms with Crippen LogP contribution in [0.3, 0.4) is 0 Å². The Balaban J connectivity index is 2.19. The summed E-state index contributed by atoms with van der Waals surface area (Å²) in [5.41, 5.74) is 8.24. The summed E-state index contributed by atoms with van der Waals surface area (Å²) >= 11 is 1.67. The normalized spacial score (nSPS) is 13.2. The number of thiophene rings is 1. The summed E-state index contributed by atoms with van der Waals surface area (Å²) in [6.07, 6.45) is 1.60. The molecule has 5 heteroatoms. The number of aryl methyl sites for hydroxylation is 1. The number of nitrogens with two attached hydrogens (primary N) is 1. The van der Waals surface area contributed by atoms with Crippen molar-refractivity contribution in [1.29, 1.82) is 0 Å². The predicted molar refractivity (Wildman–Crippen MR) is 73.5 cm³/mol. The van der Waals surface area contributed by atoms with Gasteiger partial charge >= 0.3 is 0 Å². The maximum absolute atomic E-state index is 6.01. The highest BCUT2D eigenvalue weighted by Crippen LogP contribution is 2.28. The van der Waals surface area contributed by atoms with Crippen molar-refractivity contribution in [3.05, 3.63) is 17.3 Å². The zero-order chi connectivity index (χ0) is 12.4. The van der Waals surface area contributed by atoms with E-state index in [9.17, 15) is 0 Å². The number of aromatic nitrogens is 2. The summed E-state index contributed by atoms with van der Waals surface area (Å²) in [6, 6.07) is 0.140. The smallest absolute Gasteiger partial charge is 0.147 e. The maximum Gasteiger partial charge on any atom is 0.147 e. The molecule has 0 aromatic carbocycles. The molecule has 0 amide bonds. The molecule has 0 saturated carbocycles. The van der Waals surface area contributed by atoms with Crippen LogP contribution in [0, 0.1) is 12.8 Å². The van der Waals surface area contributed by atoms with E-state index in [1.165, 1.54) is 5.56 Å². The molecule has 2 rings (SSSR count). The molecular formula is C12H18N4S. The van der Waals surface area contributed by atoms with E-state index in [2.05, 4.69) is 41.4 Å². The highest BCUT2D eigenvalue weighted by atomic mass is 32.1. The van der Waals surface area contributed by atoms with E-state index >= 15 is 0 Å². The molecule has 1 unspecified atom stereocenters. The van der Waals surface area contributed by atoms with Crippen molar-refractivity contribution in [3.8, 4) is 0 Å². The lowest BCUT2D eigenvalue weighted by Gasteiger charge is -2.16. The van der Waals surface area contributed by atoms with E-state index < -0.39 is 0 Å². The molecule has 0 radical (unpaired) electrons. The fourth-order valence-corrected chi connectivity index (χ4v) is 2.51. The van der Waals surface area contributed by atoms with Crippen molar-refractivity contribution in [2.45, 2.75) is 26.8 Å². The van der Waals surface area contributed by atoms with Gasteiger partial charge in [-0.1, -0.05) is 13.8 Å². The molecule has 92 valence electrons. The first-order valence-electron chi connectivity index (χ1n) is 5.78. The van der Waals surface area contributed by atoms with Crippen LogP contribution in [0.15, 0.2) is 11.7 Å². The van der Waals surface area contributed by atoms with Gasteiger partial charge in [-0.2, -0.15) is 0 Å². The Hall–Kier alpha value is -1.20. The van der Waals surface area contributed by atoms with Gasteiger partial charge in [-0.05, 0) is 23.8 Å². The number of hydrogen-bond acceptors (Lipinski definition) is 5. The van der Waals surface area contributed by atoms with Crippen LogP contribution >= 0.6 is 11.3 Å². The van der Waals surface area contributed by atoms with Crippen LogP contribution in [0.4, 0.5) is 5.82 Å². The quantitative estimate of drug-likeness (QED) is 0.874. The van der Waals surface area contributed by atoms with Gasteiger partial charge in [-0.3, -0.25) is 0 Å². The van der Waals surface area contributed by atoms with Gasteiger partial charge in [0.15, 0.2) is 0 Å². The summed E-state index contributed by atoms with van der Waals surface area (Å²) in [7, 11) is 0. The van der Waals surface area contributed by atoms with Gasteiger partial charge in [0, 0.05) is 12.6 Å². The molecule has 0 fully saturated rings. The SMILES string of the molecule is Cc1csc2c(NCC(N)C(C)C)ncnc12. The molecule has 0 aliphatic carbocycles. The van der Waals surface area contributed by atoms with E-state index in [1.54, 1.807) is 17.7 Å². The van der Waals surface area contributed by atoms with Crippen LogP contribution in [0.25, 0.3) is 10.2 Å². The second kappa shape index (κ2) is 4.98. The zero-order valence-corrected chi connectivity index (χ0v) is 11.2. The van der Waals surface area contributed by atoms with Gasteiger partial charge in [-0.25, -0.2) is 9.97 Å². The lowest BCUT2D eigenvalue weighted by atomic mass is 10.1. The van der Waals surface area contributed by atoms with Crippen LogP contribution in [0.1, 0.15) is 19.4 Å². The molecule has 2 aromatic heterocycles. The van der Waals surface area contributed by atoms with Crippen molar-refractivity contribution >= 4 is 27.4 Å². The summed E-state index contributed by atoms with van der Waals surface area (Å²) in [6.45, 7) is 7.05. The molecule has 0 aliphatic heterocycles. The van der Waals surface area contributed by atoms with E-state index in [-0.39, 0.29) is 6.04 Å². The second-order valence-corrected chi connectivity index (χ2v) is 5.49. The fourth-order valence-electron chi connectivity index (χ4n) is 1.55. The van der Waals surface area contributed by atoms with Crippen molar-refractivity contribution in [3.63, 3.8) is 0 Å². The Labute approximate surface area is 105 Å². The third-order valence-electron chi connectivity index (χ3n) is 2.89. The third-order valence-corrected chi connectivity index (χ3v) is 3.99. The van der Waals surface area contributed by atoms with Crippen LogP contribution < -0.4 is 11.1 Å². The van der Waals surface area contributed by atoms with Gasteiger partial charge < -0.3 is 11.1 Å². The minimum Gasteiger partial charge on any atom is -0.367 e. The van der Waals surface area contributed by atoms with E-state index in [1.807, 2.05) is 0 Å². The largest absolute Gasteiger partial charge is 0.367 e. The minimum absolute atomic E-state index is 0.140. The molecule has 0 bridgehead atoms. The Morgan fingerprint density at radius 1 is 1.41 bits per heavy atom. The second-order valence-electron chi connectivity index (χ2n) is 4.61. The molecule has 0 aliphatic rings. The van der Waals surface area contributed by atoms with Crippen molar-refractivity contribution in [2.75, 3.05) is 11.9 Å². The minimum atomic E-state index is 0.140. The zero-order valence-electron chi connectivity index (χ0n) is 10.4. The van der Waals surface area contributed by atoms with Gasteiger partial charge in [0.2, 0.25) is 0 Å². The first-order valence-corrected chi connectivity index (χ1v) is 6.65. The number of nitrogens with zero attached hydrogens (tertiary/aromatic N) is 2. The lowest BCUT2D eigenvalue weighted by molar-refractivity contribution is 0.511. The molecule has 17 heavy (non-hydrogen) atoms. The average Bonchev–Trinajstić information content (AvgIpc) is 2.69. The molecule has 0 spiro atoms. The topological polar surface area (TPSA) is 63.8 Å². The van der Waals surface area contributed by atoms with Gasteiger partial charge in [0.1, 0.15) is 12.1 Å². The predicted octanol–water partition coefficient (Wildman–Crippen LogP) is 2.39. The number of nitrogens with one attached hydrogen (secondary N) is 1. The molecule has 2 aromatic rings. The Kier molecular flexibility index (Phi) is 3.59. The number of fused-ring (bicyclic) bond motifs is 1. The maximum atomic E-state index is 6.01. The summed E-state index contributed by atoms with van der Waals surface area (Å²) in [4.78, 5) is 8.58. The Bertz CT molecular complexity index is 506. The average molecular weight is 250 g/mol. The standard InChI is InChI=1S/C12H18N4S/c1-7(2)9(13)4-14-12-11-10(15-6-16-12)8(3)5-17-11/h5-7,9H,4,13H2,1-3H3,(H,14,15,16). The van der Waals surface area contributed by atoms with Crippen LogP contribution in [0.2, 0.25) is 0 Å². The molecule has 1 atom stereocenters. The van der Waals surface area contributed by atoms with Crippen LogP contribution in [-0.4, -0.2) is 22.6 Å². The highest BCUT2D eigenvalue weighted by molar-refractivity contribution is 7.18. The van der Waals surface area contributed by atoms with E-state index in [0.717, 1.165) is 22.6 Å². The molecule has 2 heterocycles. The fraction of sp³-hybridized carbons (Fsp3) is 0.500. The van der Waals surface area contributed by atoms with Crippen molar-refractivity contribution < 1.29 is 0 Å². The Morgan fingerprint density at radius 3 is 2.88 bits per heavy atom. The number of rotatable bonds is 4. The third kappa shape index (κ3) is 2.56. The monoisotopic (exact) mass is 250 g/mol. The number of anilines is 1. The van der Waals surface area contributed by atoms with Gasteiger partial charge in [-0.15, -0.1) is 11.3 Å². The highest BCUT2D eigenvalue weighted by Gasteiger charge is 2.11. The first kappa shape index (κ1) is 12.3. The molecule has 0 saturated heterocycles. The summed E-state index contributed by atoms with van der Waals surface area (Å²) in [5.74, 6) is 1.36. The van der Waals surface area contributed by atoms with Crippen LogP contribution in [-0.2, 0) is 0 Å². The van der Waals surface area contributed by atoms with E-state index in [0.29, 0.717) is 5.92 Å². The van der Waals surface area contributed by atoms with Crippen LogP contribution in [0.5, 0.6) is 0 Å². The molecule has 4 nitrogen and oxygen atoms in total. The molecule has 3 N–H and O–H groups in total. The molecular weight excluding hydrogens is 232 g/mol.